The molecule has 2 aromatic carbocycles. The van der Waals surface area contributed by atoms with E-state index in [1.807, 2.05) is 36.4 Å². The van der Waals surface area contributed by atoms with Gasteiger partial charge in [0.25, 0.3) is 0 Å². The van der Waals surface area contributed by atoms with Crippen LogP contribution in [0.3, 0.4) is 0 Å². The van der Waals surface area contributed by atoms with Gasteiger partial charge in [-0.15, -0.1) is 0 Å². The number of aliphatic hydroxyl groups excluding tert-OH is 1. The monoisotopic (exact) mass is 398 g/mol. The maximum Gasteiger partial charge on any atom is 0.238 e. The lowest BCUT2D eigenvalue weighted by Crippen LogP contribution is -2.18. The highest BCUT2D eigenvalue weighted by molar-refractivity contribution is 7.89. The highest BCUT2D eigenvalue weighted by Crippen LogP contribution is 2.23. The van der Waals surface area contributed by atoms with Gasteiger partial charge in [-0.05, 0) is 59.9 Å². The van der Waals surface area contributed by atoms with Crippen molar-refractivity contribution in [2.45, 2.75) is 23.8 Å². The molecule has 7 heteroatoms. The van der Waals surface area contributed by atoms with E-state index in [1.54, 1.807) is 24.5 Å². The molecule has 0 spiro atoms. The molecule has 0 aliphatic carbocycles. The first kappa shape index (κ1) is 20.0. The number of hydrogen-bond acceptors (Lipinski definition) is 5. The predicted octanol–water partition coefficient (Wildman–Crippen LogP) is 2.77. The first-order valence-electron chi connectivity index (χ1n) is 8.85. The molecule has 0 radical (unpaired) electrons. The van der Waals surface area contributed by atoms with Crippen LogP contribution >= 0.6 is 0 Å². The number of primary sulfonamides is 1. The molecule has 0 amide bonds. The summed E-state index contributed by atoms with van der Waals surface area (Å²) in [5.74, 6) is 0.658. The lowest BCUT2D eigenvalue weighted by atomic mass is 10.1. The lowest BCUT2D eigenvalue weighted by Gasteiger charge is -2.13. The van der Waals surface area contributed by atoms with Gasteiger partial charge in [0, 0.05) is 12.4 Å². The topological polar surface area (TPSA) is 103 Å². The van der Waals surface area contributed by atoms with Gasteiger partial charge in [0.2, 0.25) is 10.0 Å². The quantitative estimate of drug-likeness (QED) is 0.607. The number of aliphatic hydroxyl groups is 1. The Labute approximate surface area is 164 Å². The van der Waals surface area contributed by atoms with Crippen LogP contribution in [0.5, 0.6) is 5.75 Å². The van der Waals surface area contributed by atoms with Crippen molar-refractivity contribution in [1.82, 2.24) is 4.98 Å². The Morgan fingerprint density at radius 1 is 1.00 bits per heavy atom. The molecule has 0 bridgehead atoms. The lowest BCUT2D eigenvalue weighted by molar-refractivity contribution is 0.100. The summed E-state index contributed by atoms with van der Waals surface area (Å²) >= 11 is 0. The van der Waals surface area contributed by atoms with E-state index in [9.17, 15) is 13.5 Å². The minimum Gasteiger partial charge on any atom is -0.491 e. The summed E-state index contributed by atoms with van der Waals surface area (Å²) in [6.07, 6.45) is 4.29. The van der Waals surface area contributed by atoms with E-state index in [4.69, 9.17) is 9.88 Å². The zero-order valence-corrected chi connectivity index (χ0v) is 16.0. The summed E-state index contributed by atoms with van der Waals surface area (Å²) in [5, 5.41) is 15.2. The van der Waals surface area contributed by atoms with E-state index in [2.05, 4.69) is 4.98 Å². The molecule has 3 N–H and O–H groups in total. The summed E-state index contributed by atoms with van der Waals surface area (Å²) in [4.78, 5) is 4.14. The molecule has 0 unspecified atom stereocenters. The number of hydrogen-bond donors (Lipinski definition) is 2. The van der Waals surface area contributed by atoms with Crippen LogP contribution in [0.2, 0.25) is 0 Å². The maximum absolute atomic E-state index is 11.3. The highest BCUT2D eigenvalue weighted by atomic mass is 32.2. The van der Waals surface area contributed by atoms with Gasteiger partial charge in [-0.3, -0.25) is 4.98 Å². The van der Waals surface area contributed by atoms with Crippen molar-refractivity contribution < 1.29 is 18.3 Å². The molecular formula is C21H22N2O4S. The Balaban J connectivity index is 1.53. The van der Waals surface area contributed by atoms with E-state index < -0.39 is 16.1 Å². The number of ether oxygens (including phenoxy) is 1. The third-order valence-corrected chi connectivity index (χ3v) is 5.23. The fourth-order valence-electron chi connectivity index (χ4n) is 2.74. The molecule has 0 aliphatic heterocycles. The van der Waals surface area contributed by atoms with Gasteiger partial charge in [-0.1, -0.05) is 30.3 Å². The molecule has 28 heavy (non-hydrogen) atoms. The molecule has 1 atom stereocenters. The molecule has 0 saturated carbocycles. The summed E-state index contributed by atoms with van der Waals surface area (Å²) in [6, 6.07) is 17.6. The van der Waals surface area contributed by atoms with Crippen LogP contribution in [0.15, 0.2) is 78.0 Å². The SMILES string of the molecule is NS(=O)(=O)c1ccc(-c2ccc(OC[C@H](O)CCc3cccnc3)cc2)cc1. The Hall–Kier alpha value is -2.74. The van der Waals surface area contributed by atoms with Crippen molar-refractivity contribution in [3.8, 4) is 16.9 Å². The number of aromatic nitrogens is 1. The van der Waals surface area contributed by atoms with Crippen molar-refractivity contribution >= 4 is 10.0 Å². The van der Waals surface area contributed by atoms with Crippen LogP contribution in [-0.2, 0) is 16.4 Å². The van der Waals surface area contributed by atoms with Crippen LogP contribution in [0, 0.1) is 0 Å². The van der Waals surface area contributed by atoms with Crippen molar-refractivity contribution in [3.05, 3.63) is 78.6 Å². The molecule has 0 saturated heterocycles. The number of aryl methyl sites for hydroxylation is 1. The second-order valence-electron chi connectivity index (χ2n) is 6.46. The molecule has 6 nitrogen and oxygen atoms in total. The normalized spacial score (nSPS) is 12.5. The summed E-state index contributed by atoms with van der Waals surface area (Å²) in [6.45, 7) is 0.211. The van der Waals surface area contributed by atoms with Crippen LogP contribution in [0.1, 0.15) is 12.0 Å². The number of rotatable bonds is 8. The van der Waals surface area contributed by atoms with Crippen LogP contribution < -0.4 is 9.88 Å². The van der Waals surface area contributed by atoms with Crippen LogP contribution in [0.25, 0.3) is 11.1 Å². The van der Waals surface area contributed by atoms with Gasteiger partial charge in [0.05, 0.1) is 11.0 Å². The number of sulfonamides is 1. The predicted molar refractivity (Wildman–Crippen MR) is 107 cm³/mol. The van der Waals surface area contributed by atoms with E-state index in [1.165, 1.54) is 12.1 Å². The largest absolute Gasteiger partial charge is 0.491 e. The van der Waals surface area contributed by atoms with Crippen molar-refractivity contribution in [1.29, 1.82) is 0 Å². The second kappa shape index (κ2) is 8.97. The minimum atomic E-state index is -3.69. The first-order chi connectivity index (χ1) is 13.4. The fraction of sp³-hybridized carbons (Fsp3) is 0.190. The Morgan fingerprint density at radius 3 is 2.21 bits per heavy atom. The maximum atomic E-state index is 11.3. The zero-order valence-electron chi connectivity index (χ0n) is 15.2. The molecule has 146 valence electrons. The smallest absolute Gasteiger partial charge is 0.238 e. The first-order valence-corrected chi connectivity index (χ1v) is 10.4. The van der Waals surface area contributed by atoms with Crippen molar-refractivity contribution in [2.24, 2.45) is 5.14 Å². The fourth-order valence-corrected chi connectivity index (χ4v) is 3.25. The summed E-state index contributed by atoms with van der Waals surface area (Å²) < 4.78 is 28.3. The Morgan fingerprint density at radius 2 is 1.64 bits per heavy atom. The van der Waals surface area contributed by atoms with Gasteiger partial charge in [0.15, 0.2) is 0 Å². The number of benzene rings is 2. The van der Waals surface area contributed by atoms with Gasteiger partial charge in [-0.25, -0.2) is 13.6 Å². The van der Waals surface area contributed by atoms with E-state index in [0.29, 0.717) is 12.2 Å². The third kappa shape index (κ3) is 5.63. The standard InChI is InChI=1S/C21H22N2O4S/c22-28(25,26)21-11-6-18(7-12-21)17-4-9-20(10-5-17)27-15-19(24)8-3-16-2-1-13-23-14-16/h1-2,4-7,9-14,19,24H,3,8,15H2,(H2,22,25,26)/t19-/m1/s1. The number of nitrogens with zero attached hydrogens (tertiary/aromatic N) is 1. The van der Waals surface area contributed by atoms with Crippen molar-refractivity contribution in [3.63, 3.8) is 0 Å². The summed E-state index contributed by atoms with van der Waals surface area (Å²) in [5.41, 5.74) is 2.88. The zero-order chi connectivity index (χ0) is 20.0. The summed E-state index contributed by atoms with van der Waals surface area (Å²) in [7, 11) is -3.69. The van der Waals surface area contributed by atoms with Gasteiger partial charge < -0.3 is 9.84 Å². The molecule has 1 aromatic heterocycles. The molecular weight excluding hydrogens is 376 g/mol. The third-order valence-electron chi connectivity index (χ3n) is 4.30. The number of nitrogens with two attached hydrogens (primary N) is 1. The average molecular weight is 398 g/mol. The van der Waals surface area contributed by atoms with Crippen LogP contribution in [-0.4, -0.2) is 31.2 Å². The van der Waals surface area contributed by atoms with E-state index >= 15 is 0 Å². The molecule has 0 fully saturated rings. The van der Waals surface area contributed by atoms with Crippen molar-refractivity contribution in [2.75, 3.05) is 6.61 Å². The highest BCUT2D eigenvalue weighted by Gasteiger charge is 2.08. The second-order valence-corrected chi connectivity index (χ2v) is 8.02. The van der Waals surface area contributed by atoms with Crippen LogP contribution in [0.4, 0.5) is 0 Å². The number of pyridine rings is 1. The average Bonchev–Trinajstić information content (AvgIpc) is 2.71. The van der Waals surface area contributed by atoms with Gasteiger partial charge >= 0.3 is 0 Å². The molecule has 0 aliphatic rings. The van der Waals surface area contributed by atoms with E-state index in [-0.39, 0.29) is 11.5 Å². The minimum absolute atomic E-state index is 0.0801. The molecule has 1 heterocycles. The van der Waals surface area contributed by atoms with E-state index in [0.717, 1.165) is 23.1 Å². The molecule has 3 aromatic rings. The van der Waals surface area contributed by atoms with Gasteiger partial charge in [-0.2, -0.15) is 0 Å². The molecule has 3 rings (SSSR count). The Bertz CT molecular complexity index is 989. The van der Waals surface area contributed by atoms with Gasteiger partial charge in [0.1, 0.15) is 12.4 Å². The Kier molecular flexibility index (Phi) is 6.41.